The molecule has 0 saturated carbocycles. The Labute approximate surface area is 127 Å². The van der Waals surface area contributed by atoms with Crippen LogP contribution < -0.4 is 0 Å². The lowest BCUT2D eigenvalue weighted by Gasteiger charge is -2.26. The first-order valence-electron chi connectivity index (χ1n) is 6.42. The van der Waals surface area contributed by atoms with Crippen LogP contribution in [-0.4, -0.2) is 23.0 Å². The lowest BCUT2D eigenvalue weighted by molar-refractivity contribution is 0.0734. The first-order valence-corrected chi connectivity index (χ1v) is 6.80. The predicted molar refractivity (Wildman–Crippen MR) is 80.0 cm³/mol. The normalized spacial score (nSPS) is 12.0. The molecule has 1 amide bonds. The van der Waals surface area contributed by atoms with E-state index in [-0.39, 0.29) is 17.4 Å². The van der Waals surface area contributed by atoms with Crippen LogP contribution in [0, 0.1) is 5.82 Å². The van der Waals surface area contributed by atoms with Crippen molar-refractivity contribution in [2.75, 3.05) is 7.05 Å². The molecular formula is C16H15ClFNO2. The standard InChI is InChI=1S/C16H15ClFNO2/c1-10(11-6-3-4-7-12(11)17)19(2)16(21)15-13(18)8-5-9-14(15)20/h3-10,20H,1-2H3. The molecule has 0 aliphatic heterocycles. The van der Waals surface area contributed by atoms with Crippen molar-refractivity contribution < 1.29 is 14.3 Å². The maximum absolute atomic E-state index is 13.8. The van der Waals surface area contributed by atoms with E-state index < -0.39 is 11.7 Å². The number of amides is 1. The molecule has 2 rings (SSSR count). The number of nitrogens with zero attached hydrogens (tertiary/aromatic N) is 1. The van der Waals surface area contributed by atoms with Crippen LogP contribution in [0.1, 0.15) is 28.9 Å². The van der Waals surface area contributed by atoms with Crippen LogP contribution in [0.4, 0.5) is 4.39 Å². The minimum atomic E-state index is -0.752. The molecule has 0 aliphatic carbocycles. The third-order valence-electron chi connectivity index (χ3n) is 3.46. The maximum atomic E-state index is 13.8. The summed E-state index contributed by atoms with van der Waals surface area (Å²) in [4.78, 5) is 13.7. The molecule has 2 aromatic rings. The summed E-state index contributed by atoms with van der Waals surface area (Å²) in [6.45, 7) is 1.79. The fraction of sp³-hybridized carbons (Fsp3) is 0.188. The van der Waals surface area contributed by atoms with Gasteiger partial charge in [0.25, 0.3) is 5.91 Å². The Kier molecular flexibility index (Phi) is 4.48. The van der Waals surface area contributed by atoms with Crippen molar-refractivity contribution in [1.29, 1.82) is 0 Å². The first-order chi connectivity index (χ1) is 9.93. The third kappa shape index (κ3) is 3.00. The monoisotopic (exact) mass is 307 g/mol. The van der Waals surface area contributed by atoms with Gasteiger partial charge in [-0.1, -0.05) is 35.9 Å². The van der Waals surface area contributed by atoms with E-state index in [1.807, 2.05) is 6.07 Å². The topological polar surface area (TPSA) is 40.5 Å². The Balaban J connectivity index is 2.34. The van der Waals surface area contributed by atoms with E-state index in [1.165, 1.54) is 17.0 Å². The quantitative estimate of drug-likeness (QED) is 0.930. The number of halogens is 2. The van der Waals surface area contributed by atoms with Crippen molar-refractivity contribution in [3.8, 4) is 5.75 Å². The molecule has 110 valence electrons. The van der Waals surface area contributed by atoms with E-state index in [0.717, 1.165) is 11.6 Å². The van der Waals surface area contributed by atoms with Crippen molar-refractivity contribution in [3.63, 3.8) is 0 Å². The minimum Gasteiger partial charge on any atom is -0.507 e. The van der Waals surface area contributed by atoms with Gasteiger partial charge in [-0.25, -0.2) is 4.39 Å². The number of carbonyl (C=O) groups is 1. The van der Waals surface area contributed by atoms with Crippen molar-refractivity contribution in [2.24, 2.45) is 0 Å². The zero-order valence-corrected chi connectivity index (χ0v) is 12.4. The van der Waals surface area contributed by atoms with Crippen LogP contribution in [0.3, 0.4) is 0 Å². The summed E-state index contributed by atoms with van der Waals surface area (Å²) in [5.41, 5.74) is 0.421. The molecule has 1 atom stereocenters. The van der Waals surface area contributed by atoms with Crippen molar-refractivity contribution >= 4 is 17.5 Å². The van der Waals surface area contributed by atoms with Gasteiger partial charge in [-0.3, -0.25) is 4.79 Å². The molecular weight excluding hydrogens is 293 g/mol. The highest BCUT2D eigenvalue weighted by Gasteiger charge is 2.25. The van der Waals surface area contributed by atoms with Crippen molar-refractivity contribution in [2.45, 2.75) is 13.0 Å². The van der Waals surface area contributed by atoms with Crippen molar-refractivity contribution in [1.82, 2.24) is 4.90 Å². The van der Waals surface area contributed by atoms with Gasteiger partial charge in [-0.05, 0) is 30.7 Å². The molecule has 1 N–H and O–H groups in total. The molecule has 0 bridgehead atoms. The second-order valence-corrected chi connectivity index (χ2v) is 5.15. The van der Waals surface area contributed by atoms with Crippen LogP contribution in [0.25, 0.3) is 0 Å². The number of benzene rings is 2. The fourth-order valence-electron chi connectivity index (χ4n) is 2.10. The smallest absolute Gasteiger partial charge is 0.260 e. The summed E-state index contributed by atoms with van der Waals surface area (Å²) in [7, 11) is 1.54. The van der Waals surface area contributed by atoms with Crippen LogP contribution in [-0.2, 0) is 0 Å². The van der Waals surface area contributed by atoms with E-state index in [9.17, 15) is 14.3 Å². The van der Waals surface area contributed by atoms with Gasteiger partial charge in [-0.2, -0.15) is 0 Å². The molecule has 3 nitrogen and oxygen atoms in total. The van der Waals surface area contributed by atoms with Crippen molar-refractivity contribution in [3.05, 3.63) is 64.4 Å². The Morgan fingerprint density at radius 2 is 1.90 bits per heavy atom. The molecule has 0 saturated heterocycles. The molecule has 0 fully saturated rings. The molecule has 0 aliphatic rings. The number of aromatic hydroxyl groups is 1. The highest BCUT2D eigenvalue weighted by atomic mass is 35.5. The van der Waals surface area contributed by atoms with Gasteiger partial charge < -0.3 is 10.0 Å². The summed E-state index contributed by atoms with van der Waals surface area (Å²) in [5.74, 6) is -1.73. The van der Waals surface area contributed by atoms with Gasteiger partial charge in [0, 0.05) is 12.1 Å². The van der Waals surface area contributed by atoms with Crippen LogP contribution >= 0.6 is 11.6 Å². The number of rotatable bonds is 3. The molecule has 0 spiro atoms. The average molecular weight is 308 g/mol. The van der Waals surface area contributed by atoms with Gasteiger partial charge in [0.2, 0.25) is 0 Å². The fourth-order valence-corrected chi connectivity index (χ4v) is 2.39. The summed E-state index contributed by atoms with van der Waals surface area (Å²) in [5, 5.41) is 10.2. The van der Waals surface area contributed by atoms with Gasteiger partial charge in [0.1, 0.15) is 17.1 Å². The van der Waals surface area contributed by atoms with E-state index in [2.05, 4.69) is 0 Å². The Bertz CT molecular complexity index is 655. The lowest BCUT2D eigenvalue weighted by atomic mass is 10.1. The number of hydrogen-bond acceptors (Lipinski definition) is 2. The van der Waals surface area contributed by atoms with Gasteiger partial charge in [0.05, 0.1) is 6.04 Å². The minimum absolute atomic E-state index is 0.334. The Hall–Kier alpha value is -2.07. The largest absolute Gasteiger partial charge is 0.507 e. The highest BCUT2D eigenvalue weighted by molar-refractivity contribution is 6.31. The molecule has 21 heavy (non-hydrogen) atoms. The van der Waals surface area contributed by atoms with E-state index in [1.54, 1.807) is 32.2 Å². The summed E-state index contributed by atoms with van der Waals surface area (Å²) >= 11 is 6.11. The highest BCUT2D eigenvalue weighted by Crippen LogP contribution is 2.29. The Morgan fingerprint density at radius 1 is 1.24 bits per heavy atom. The summed E-state index contributed by atoms with van der Waals surface area (Å²) < 4.78 is 13.8. The second-order valence-electron chi connectivity index (χ2n) is 4.75. The SMILES string of the molecule is CC(c1ccccc1Cl)N(C)C(=O)c1c(O)cccc1F. The van der Waals surface area contributed by atoms with Gasteiger partial charge >= 0.3 is 0 Å². The molecule has 1 unspecified atom stereocenters. The zero-order chi connectivity index (χ0) is 15.6. The van der Waals surface area contributed by atoms with Crippen LogP contribution in [0.5, 0.6) is 5.75 Å². The zero-order valence-electron chi connectivity index (χ0n) is 11.7. The predicted octanol–water partition coefficient (Wildman–Crippen LogP) is 4.02. The number of phenols is 1. The number of phenolic OH excluding ortho intramolecular Hbond substituents is 1. The van der Waals surface area contributed by atoms with Gasteiger partial charge in [0.15, 0.2) is 0 Å². The summed E-state index contributed by atoms with van der Waals surface area (Å²) in [6.07, 6.45) is 0. The van der Waals surface area contributed by atoms with Gasteiger partial charge in [-0.15, -0.1) is 0 Å². The average Bonchev–Trinajstić information content (AvgIpc) is 2.46. The van der Waals surface area contributed by atoms with Crippen LogP contribution in [0.15, 0.2) is 42.5 Å². The second kappa shape index (κ2) is 6.14. The molecule has 0 radical (unpaired) electrons. The van der Waals surface area contributed by atoms with E-state index in [0.29, 0.717) is 5.02 Å². The Morgan fingerprint density at radius 3 is 2.52 bits per heavy atom. The summed E-state index contributed by atoms with van der Waals surface area (Å²) in [6, 6.07) is 10.6. The van der Waals surface area contributed by atoms with E-state index in [4.69, 9.17) is 11.6 Å². The molecule has 0 aromatic heterocycles. The molecule has 5 heteroatoms. The first kappa shape index (κ1) is 15.3. The number of carbonyl (C=O) groups excluding carboxylic acids is 1. The number of hydrogen-bond donors (Lipinski definition) is 1. The molecule has 2 aromatic carbocycles. The van der Waals surface area contributed by atoms with E-state index >= 15 is 0 Å². The molecule has 0 heterocycles. The maximum Gasteiger partial charge on any atom is 0.260 e. The lowest BCUT2D eigenvalue weighted by Crippen LogP contribution is -2.30. The third-order valence-corrected chi connectivity index (χ3v) is 3.81. The van der Waals surface area contributed by atoms with Crippen LogP contribution in [0.2, 0.25) is 5.02 Å².